The summed E-state index contributed by atoms with van der Waals surface area (Å²) in [5.74, 6) is 0.892. The van der Waals surface area contributed by atoms with Gasteiger partial charge in [0.05, 0.1) is 0 Å². The molecule has 0 aromatic heterocycles. The molecule has 0 aliphatic carbocycles. The van der Waals surface area contributed by atoms with Gasteiger partial charge < -0.3 is 0 Å². The molecule has 2 heteroatoms. The van der Waals surface area contributed by atoms with Crippen LogP contribution in [0.1, 0.15) is 46.5 Å². The molecule has 2 nitrogen and oxygen atoms in total. The molecule has 0 saturated carbocycles. The summed E-state index contributed by atoms with van der Waals surface area (Å²) >= 11 is 0. The van der Waals surface area contributed by atoms with E-state index in [-0.39, 0.29) is 0 Å². The highest BCUT2D eigenvalue weighted by atomic mass is 15.6. The van der Waals surface area contributed by atoms with Gasteiger partial charge in [-0.15, -0.1) is 0 Å². The third-order valence-electron chi connectivity index (χ3n) is 3.92. The summed E-state index contributed by atoms with van der Waals surface area (Å²) in [7, 11) is 0. The van der Waals surface area contributed by atoms with E-state index in [1.165, 1.54) is 51.9 Å². The molecular formula is C13H26N2. The van der Waals surface area contributed by atoms with Gasteiger partial charge in [0.2, 0.25) is 0 Å². The molecule has 2 heterocycles. The Morgan fingerprint density at radius 3 is 2.47 bits per heavy atom. The second-order valence-corrected chi connectivity index (χ2v) is 6.32. The Morgan fingerprint density at radius 1 is 1.07 bits per heavy atom. The van der Waals surface area contributed by atoms with Crippen LogP contribution in [0, 0.1) is 11.3 Å². The van der Waals surface area contributed by atoms with Crippen molar-refractivity contribution in [1.29, 1.82) is 0 Å². The van der Waals surface area contributed by atoms with Crippen molar-refractivity contribution in [3.05, 3.63) is 0 Å². The summed E-state index contributed by atoms with van der Waals surface area (Å²) in [5.41, 5.74) is 0.527. The van der Waals surface area contributed by atoms with Crippen LogP contribution in [0.15, 0.2) is 0 Å². The number of rotatable bonds is 1. The van der Waals surface area contributed by atoms with Gasteiger partial charge in [0.15, 0.2) is 0 Å². The minimum atomic E-state index is 0.527. The first-order valence-corrected chi connectivity index (χ1v) is 6.57. The molecule has 0 spiro atoms. The first kappa shape index (κ1) is 11.4. The van der Waals surface area contributed by atoms with E-state index in [1.54, 1.807) is 0 Å². The molecule has 2 aliphatic rings. The van der Waals surface area contributed by atoms with Crippen LogP contribution >= 0.6 is 0 Å². The zero-order valence-electron chi connectivity index (χ0n) is 10.6. The highest BCUT2D eigenvalue weighted by molar-refractivity contribution is 4.80. The van der Waals surface area contributed by atoms with Crippen LogP contribution in [-0.4, -0.2) is 36.2 Å². The fourth-order valence-corrected chi connectivity index (χ4v) is 3.06. The van der Waals surface area contributed by atoms with Gasteiger partial charge in [0.1, 0.15) is 0 Å². The number of hydrazine groups is 1. The fraction of sp³-hybridized carbons (Fsp3) is 1.00. The first-order chi connectivity index (χ1) is 7.07. The highest BCUT2D eigenvalue weighted by Crippen LogP contribution is 2.30. The molecule has 1 atom stereocenters. The second kappa shape index (κ2) is 4.42. The van der Waals surface area contributed by atoms with E-state index in [4.69, 9.17) is 0 Å². The molecule has 2 rings (SSSR count). The van der Waals surface area contributed by atoms with Crippen molar-refractivity contribution in [3.8, 4) is 0 Å². The molecule has 0 bridgehead atoms. The van der Waals surface area contributed by atoms with E-state index in [1.807, 2.05) is 0 Å². The molecule has 0 aromatic rings. The lowest BCUT2D eigenvalue weighted by Crippen LogP contribution is -2.53. The van der Waals surface area contributed by atoms with Crippen molar-refractivity contribution in [2.75, 3.05) is 26.2 Å². The Kier molecular flexibility index (Phi) is 3.36. The smallest absolute Gasteiger partial charge is 0.0184 e. The largest absolute Gasteiger partial charge is 0.242 e. The molecule has 2 fully saturated rings. The lowest BCUT2D eigenvalue weighted by atomic mass is 9.85. The first-order valence-electron chi connectivity index (χ1n) is 6.57. The van der Waals surface area contributed by atoms with Gasteiger partial charge in [-0.2, -0.15) is 0 Å². The Hall–Kier alpha value is -0.0800. The molecular weight excluding hydrogens is 184 g/mol. The van der Waals surface area contributed by atoms with Gasteiger partial charge in [-0.1, -0.05) is 20.8 Å². The standard InChI is InChI=1S/C13H26N2/c1-12-6-4-8-14(10-12)15-9-5-7-13(2,3)11-15/h12H,4-11H2,1-3H3. The Labute approximate surface area is 94.6 Å². The number of hydrogen-bond donors (Lipinski definition) is 0. The molecule has 0 N–H and O–H groups in total. The molecule has 1 unspecified atom stereocenters. The van der Waals surface area contributed by atoms with Gasteiger partial charge in [-0.05, 0) is 37.0 Å². The minimum Gasteiger partial charge on any atom is -0.242 e. The van der Waals surface area contributed by atoms with Crippen molar-refractivity contribution < 1.29 is 0 Å². The zero-order chi connectivity index (χ0) is 10.9. The Morgan fingerprint density at radius 2 is 1.80 bits per heavy atom. The number of nitrogens with zero attached hydrogens (tertiary/aromatic N) is 2. The number of piperidine rings is 2. The van der Waals surface area contributed by atoms with E-state index in [0.29, 0.717) is 5.41 Å². The monoisotopic (exact) mass is 210 g/mol. The maximum atomic E-state index is 2.62. The summed E-state index contributed by atoms with van der Waals surface area (Å²) in [6.07, 6.45) is 5.58. The molecule has 88 valence electrons. The van der Waals surface area contributed by atoms with E-state index >= 15 is 0 Å². The maximum absolute atomic E-state index is 2.62. The van der Waals surface area contributed by atoms with Gasteiger partial charge in [-0.3, -0.25) is 0 Å². The molecule has 0 radical (unpaired) electrons. The number of hydrogen-bond acceptors (Lipinski definition) is 2. The Bertz CT molecular complexity index is 213. The summed E-state index contributed by atoms with van der Waals surface area (Å²) in [6, 6.07) is 0. The third-order valence-corrected chi connectivity index (χ3v) is 3.92. The van der Waals surface area contributed by atoms with Gasteiger partial charge >= 0.3 is 0 Å². The van der Waals surface area contributed by atoms with Crippen LogP contribution in [0.3, 0.4) is 0 Å². The van der Waals surface area contributed by atoms with Gasteiger partial charge in [0, 0.05) is 26.2 Å². The average molecular weight is 210 g/mol. The topological polar surface area (TPSA) is 6.48 Å². The van der Waals surface area contributed by atoms with Crippen LogP contribution in [0.4, 0.5) is 0 Å². The van der Waals surface area contributed by atoms with Crippen LogP contribution in [-0.2, 0) is 0 Å². The fourth-order valence-electron chi connectivity index (χ4n) is 3.06. The summed E-state index contributed by atoms with van der Waals surface area (Å²) in [4.78, 5) is 0. The summed E-state index contributed by atoms with van der Waals surface area (Å²) in [5, 5.41) is 5.24. The predicted octanol–water partition coefficient (Wildman–Crippen LogP) is 2.76. The van der Waals surface area contributed by atoms with E-state index < -0.39 is 0 Å². The van der Waals surface area contributed by atoms with Gasteiger partial charge in [0.25, 0.3) is 0 Å². The van der Waals surface area contributed by atoms with Crippen LogP contribution in [0.5, 0.6) is 0 Å². The van der Waals surface area contributed by atoms with E-state index in [9.17, 15) is 0 Å². The second-order valence-electron chi connectivity index (χ2n) is 6.32. The van der Waals surface area contributed by atoms with Crippen LogP contribution < -0.4 is 0 Å². The van der Waals surface area contributed by atoms with Crippen LogP contribution in [0.2, 0.25) is 0 Å². The average Bonchev–Trinajstić information content (AvgIpc) is 2.16. The summed E-state index contributed by atoms with van der Waals surface area (Å²) < 4.78 is 0. The highest BCUT2D eigenvalue weighted by Gasteiger charge is 2.30. The van der Waals surface area contributed by atoms with E-state index in [0.717, 1.165) is 5.92 Å². The van der Waals surface area contributed by atoms with Crippen LogP contribution in [0.25, 0.3) is 0 Å². The lowest BCUT2D eigenvalue weighted by molar-refractivity contribution is -0.0924. The van der Waals surface area contributed by atoms with Crippen molar-refractivity contribution in [2.45, 2.75) is 46.5 Å². The van der Waals surface area contributed by atoms with Gasteiger partial charge in [-0.25, -0.2) is 10.0 Å². The van der Waals surface area contributed by atoms with Crippen molar-refractivity contribution >= 4 is 0 Å². The SMILES string of the molecule is CC1CCCN(N2CCCC(C)(C)C2)C1. The molecule has 0 amide bonds. The minimum absolute atomic E-state index is 0.527. The van der Waals surface area contributed by atoms with Crippen molar-refractivity contribution in [2.24, 2.45) is 11.3 Å². The predicted molar refractivity (Wildman–Crippen MR) is 64.6 cm³/mol. The maximum Gasteiger partial charge on any atom is 0.0184 e. The normalized spacial score (nSPS) is 34.2. The Balaban J connectivity index is 1.92. The zero-order valence-corrected chi connectivity index (χ0v) is 10.6. The van der Waals surface area contributed by atoms with Crippen molar-refractivity contribution in [3.63, 3.8) is 0 Å². The molecule has 15 heavy (non-hydrogen) atoms. The quantitative estimate of drug-likeness (QED) is 0.656. The third kappa shape index (κ3) is 2.94. The molecule has 2 aliphatic heterocycles. The molecule has 2 saturated heterocycles. The molecule has 0 aromatic carbocycles. The van der Waals surface area contributed by atoms with E-state index in [2.05, 4.69) is 30.8 Å². The lowest BCUT2D eigenvalue weighted by Gasteiger charge is -2.46. The summed E-state index contributed by atoms with van der Waals surface area (Å²) in [6.45, 7) is 12.3. The van der Waals surface area contributed by atoms with Crippen molar-refractivity contribution in [1.82, 2.24) is 10.0 Å².